The maximum Gasteiger partial charge on any atom is 0.253 e. The summed E-state index contributed by atoms with van der Waals surface area (Å²) in [6.45, 7) is 3.04. The number of hydrogen-bond donors (Lipinski definition) is 2. The van der Waals surface area contributed by atoms with Gasteiger partial charge in [-0.05, 0) is 42.5 Å². The van der Waals surface area contributed by atoms with Crippen LogP contribution in [0, 0.1) is 0 Å². The fourth-order valence-corrected chi connectivity index (χ4v) is 2.90. The molecule has 0 aliphatic rings. The van der Waals surface area contributed by atoms with Gasteiger partial charge in [0.05, 0.1) is 6.61 Å². The van der Waals surface area contributed by atoms with Crippen molar-refractivity contribution in [2.75, 3.05) is 40.9 Å². The van der Waals surface area contributed by atoms with Crippen LogP contribution in [-0.2, 0) is 17.7 Å². The quantitative estimate of drug-likeness (QED) is 0.339. The van der Waals surface area contributed by atoms with Gasteiger partial charge in [-0.15, -0.1) is 0 Å². The monoisotopic (exact) mass is 410 g/mol. The van der Waals surface area contributed by atoms with E-state index in [1.165, 1.54) is 5.56 Å². The van der Waals surface area contributed by atoms with Crippen LogP contribution in [0.2, 0.25) is 0 Å². The first-order chi connectivity index (χ1) is 14.6. The van der Waals surface area contributed by atoms with Gasteiger partial charge in [-0.1, -0.05) is 42.5 Å². The Hall–Kier alpha value is -2.86. The molecule has 0 atom stereocenters. The van der Waals surface area contributed by atoms with Gasteiger partial charge in [-0.3, -0.25) is 9.79 Å². The number of nitrogens with one attached hydrogen (secondary N) is 2. The molecule has 0 saturated heterocycles. The molecule has 0 aliphatic carbocycles. The first-order valence-corrected chi connectivity index (χ1v) is 10.5. The van der Waals surface area contributed by atoms with Gasteiger partial charge in [-0.2, -0.15) is 0 Å². The van der Waals surface area contributed by atoms with Crippen molar-refractivity contribution in [1.82, 2.24) is 15.5 Å². The normalized spacial score (nSPS) is 11.2. The summed E-state index contributed by atoms with van der Waals surface area (Å²) in [5.41, 5.74) is 3.10. The van der Waals surface area contributed by atoms with Crippen LogP contribution in [0.1, 0.15) is 34.3 Å². The summed E-state index contributed by atoms with van der Waals surface area (Å²) in [6, 6.07) is 18.0. The smallest absolute Gasteiger partial charge is 0.253 e. The topological polar surface area (TPSA) is 66.0 Å². The predicted octanol–water partition coefficient (Wildman–Crippen LogP) is 3.09. The molecular weight excluding hydrogens is 376 g/mol. The molecular formula is C24H34N4O2. The molecule has 0 spiro atoms. The second kappa shape index (κ2) is 13.4. The lowest BCUT2D eigenvalue weighted by atomic mass is 10.1. The molecule has 0 saturated carbocycles. The number of nitrogens with zero attached hydrogens (tertiary/aromatic N) is 2. The highest BCUT2D eigenvalue weighted by molar-refractivity contribution is 5.93. The van der Waals surface area contributed by atoms with Gasteiger partial charge in [0.15, 0.2) is 5.96 Å². The SMILES string of the molecule is CN=C(NCCCCOCCc1ccccc1)NCc1ccc(C(=O)N(C)C)cc1. The van der Waals surface area contributed by atoms with Crippen LogP contribution in [0.25, 0.3) is 0 Å². The number of guanidine groups is 1. The van der Waals surface area contributed by atoms with Crippen LogP contribution in [0.4, 0.5) is 0 Å². The van der Waals surface area contributed by atoms with E-state index in [2.05, 4.69) is 39.9 Å². The van der Waals surface area contributed by atoms with Crippen molar-refractivity contribution < 1.29 is 9.53 Å². The van der Waals surface area contributed by atoms with E-state index in [1.54, 1.807) is 26.0 Å². The third kappa shape index (κ3) is 8.66. The fraction of sp³-hybridized carbons (Fsp3) is 0.417. The van der Waals surface area contributed by atoms with Gasteiger partial charge >= 0.3 is 0 Å². The highest BCUT2D eigenvalue weighted by atomic mass is 16.5. The summed E-state index contributed by atoms with van der Waals surface area (Å²) in [5, 5.41) is 6.62. The van der Waals surface area contributed by atoms with E-state index in [9.17, 15) is 4.79 Å². The number of amides is 1. The van der Waals surface area contributed by atoms with E-state index < -0.39 is 0 Å². The molecule has 2 aromatic carbocycles. The Labute approximate surface area is 180 Å². The second-order valence-corrected chi connectivity index (χ2v) is 7.30. The summed E-state index contributed by atoms with van der Waals surface area (Å²) >= 11 is 0. The first kappa shape index (κ1) is 23.4. The van der Waals surface area contributed by atoms with Gasteiger partial charge in [0.2, 0.25) is 0 Å². The predicted molar refractivity (Wildman–Crippen MR) is 123 cm³/mol. The molecule has 0 fully saturated rings. The van der Waals surface area contributed by atoms with Crippen molar-refractivity contribution in [1.29, 1.82) is 0 Å². The highest BCUT2D eigenvalue weighted by Gasteiger charge is 2.07. The number of carbonyl (C=O) groups excluding carboxylic acids is 1. The van der Waals surface area contributed by atoms with Gasteiger partial charge in [0.25, 0.3) is 5.91 Å². The van der Waals surface area contributed by atoms with Gasteiger partial charge < -0.3 is 20.3 Å². The maximum absolute atomic E-state index is 11.9. The standard InChI is InChI=1S/C24H34N4O2/c1-25-24(27-19-21-11-13-22(14-12-21)23(29)28(2)3)26-16-7-8-17-30-18-15-20-9-5-4-6-10-20/h4-6,9-14H,7-8,15-19H2,1-3H3,(H2,25,26,27). The average molecular weight is 411 g/mol. The van der Waals surface area contributed by atoms with Crippen molar-refractivity contribution in [3.8, 4) is 0 Å². The Bertz CT molecular complexity index is 774. The lowest BCUT2D eigenvalue weighted by molar-refractivity contribution is 0.0827. The molecule has 0 bridgehead atoms. The average Bonchev–Trinajstić information content (AvgIpc) is 2.78. The zero-order chi connectivity index (χ0) is 21.6. The van der Waals surface area contributed by atoms with Crippen molar-refractivity contribution in [3.05, 3.63) is 71.3 Å². The van der Waals surface area contributed by atoms with Gasteiger partial charge in [-0.25, -0.2) is 0 Å². The van der Waals surface area contributed by atoms with E-state index in [-0.39, 0.29) is 5.91 Å². The van der Waals surface area contributed by atoms with Crippen LogP contribution in [0.3, 0.4) is 0 Å². The van der Waals surface area contributed by atoms with E-state index in [0.717, 1.165) is 50.5 Å². The number of rotatable bonds is 11. The van der Waals surface area contributed by atoms with Crippen LogP contribution in [0.15, 0.2) is 59.6 Å². The molecule has 0 aliphatic heterocycles. The number of aliphatic imine (C=N–C) groups is 1. The van der Waals surface area contributed by atoms with Gasteiger partial charge in [0.1, 0.15) is 0 Å². The number of hydrogen-bond acceptors (Lipinski definition) is 3. The van der Waals surface area contributed by atoms with Crippen LogP contribution in [-0.4, -0.2) is 57.7 Å². The summed E-state index contributed by atoms with van der Waals surface area (Å²) in [5.74, 6) is 0.782. The number of benzene rings is 2. The molecule has 2 rings (SSSR count). The number of carbonyl (C=O) groups is 1. The summed E-state index contributed by atoms with van der Waals surface area (Å²) in [4.78, 5) is 17.8. The Morgan fingerprint density at radius 1 is 0.933 bits per heavy atom. The Balaban J connectivity index is 1.56. The third-order valence-corrected chi connectivity index (χ3v) is 4.68. The van der Waals surface area contributed by atoms with E-state index >= 15 is 0 Å². The van der Waals surface area contributed by atoms with Crippen LogP contribution in [0.5, 0.6) is 0 Å². The zero-order valence-corrected chi connectivity index (χ0v) is 18.4. The van der Waals surface area contributed by atoms with Gasteiger partial charge in [0, 0.05) is 46.4 Å². The molecule has 0 heterocycles. The molecule has 0 radical (unpaired) electrons. The largest absolute Gasteiger partial charge is 0.381 e. The molecule has 6 nitrogen and oxygen atoms in total. The lowest BCUT2D eigenvalue weighted by Crippen LogP contribution is -2.37. The Morgan fingerprint density at radius 3 is 2.33 bits per heavy atom. The maximum atomic E-state index is 11.9. The minimum atomic E-state index is 0.0102. The number of unbranched alkanes of at least 4 members (excludes halogenated alkanes) is 1. The van der Waals surface area contributed by atoms with Crippen molar-refractivity contribution in [2.45, 2.75) is 25.8 Å². The summed E-state index contributed by atoms with van der Waals surface area (Å²) in [7, 11) is 5.27. The zero-order valence-electron chi connectivity index (χ0n) is 18.4. The Kier molecular flexibility index (Phi) is 10.4. The van der Waals surface area contributed by atoms with E-state index in [0.29, 0.717) is 12.1 Å². The molecule has 0 unspecified atom stereocenters. The van der Waals surface area contributed by atoms with Crippen molar-refractivity contribution >= 4 is 11.9 Å². The molecule has 2 N–H and O–H groups in total. The molecule has 162 valence electrons. The Morgan fingerprint density at radius 2 is 1.67 bits per heavy atom. The molecule has 30 heavy (non-hydrogen) atoms. The summed E-state index contributed by atoms with van der Waals surface area (Å²) in [6.07, 6.45) is 2.99. The van der Waals surface area contributed by atoms with Crippen molar-refractivity contribution in [3.63, 3.8) is 0 Å². The molecule has 2 aromatic rings. The molecule has 1 amide bonds. The third-order valence-electron chi connectivity index (χ3n) is 4.68. The fourth-order valence-electron chi connectivity index (χ4n) is 2.90. The lowest BCUT2D eigenvalue weighted by Gasteiger charge is -2.13. The summed E-state index contributed by atoms with van der Waals surface area (Å²) < 4.78 is 5.72. The van der Waals surface area contributed by atoms with E-state index in [4.69, 9.17) is 4.74 Å². The highest BCUT2D eigenvalue weighted by Crippen LogP contribution is 2.06. The van der Waals surface area contributed by atoms with Crippen LogP contribution < -0.4 is 10.6 Å². The van der Waals surface area contributed by atoms with Crippen molar-refractivity contribution in [2.24, 2.45) is 4.99 Å². The van der Waals surface area contributed by atoms with Crippen LogP contribution >= 0.6 is 0 Å². The second-order valence-electron chi connectivity index (χ2n) is 7.30. The molecule has 6 heteroatoms. The minimum Gasteiger partial charge on any atom is -0.381 e. The molecule has 0 aromatic heterocycles. The number of ether oxygens (including phenoxy) is 1. The van der Waals surface area contributed by atoms with E-state index in [1.807, 2.05) is 30.3 Å². The first-order valence-electron chi connectivity index (χ1n) is 10.5. The minimum absolute atomic E-state index is 0.0102.